The fourth-order valence-corrected chi connectivity index (χ4v) is 3.68. The standard InChI is InChI=1S/C23H33ClN6.HI/c1-25-23(26-11-10-20-8-9-22(24)27-16-20)28-17-19-4-6-21(7-5-19)18-30-13-3-12-29(2)14-15-30;/h4-9,16H,3,10-15,17-18H2,1-2H3,(H2,25,26,28);1H. The Hall–Kier alpha value is -1.42. The van der Waals surface area contributed by atoms with Crippen molar-refractivity contribution in [3.05, 3.63) is 64.4 Å². The number of halogens is 2. The van der Waals surface area contributed by atoms with Crippen LogP contribution in [0.1, 0.15) is 23.1 Å². The van der Waals surface area contributed by atoms with Gasteiger partial charge in [0.25, 0.3) is 0 Å². The van der Waals surface area contributed by atoms with Crippen LogP contribution < -0.4 is 10.6 Å². The molecule has 0 unspecified atom stereocenters. The number of guanidine groups is 1. The van der Waals surface area contributed by atoms with Gasteiger partial charge < -0.3 is 15.5 Å². The van der Waals surface area contributed by atoms with Crippen LogP contribution in [0.15, 0.2) is 47.6 Å². The number of rotatable bonds is 7. The van der Waals surface area contributed by atoms with Crippen LogP contribution in [0.3, 0.4) is 0 Å². The highest BCUT2D eigenvalue weighted by Gasteiger charge is 2.12. The largest absolute Gasteiger partial charge is 0.356 e. The molecule has 1 aliphatic rings. The van der Waals surface area contributed by atoms with Crippen LogP contribution in [0.25, 0.3) is 0 Å². The van der Waals surface area contributed by atoms with Crippen molar-refractivity contribution in [2.75, 3.05) is 46.8 Å². The van der Waals surface area contributed by atoms with Gasteiger partial charge in [0.2, 0.25) is 0 Å². The summed E-state index contributed by atoms with van der Waals surface area (Å²) in [4.78, 5) is 13.4. The quantitative estimate of drug-likeness (QED) is 0.237. The normalized spacial score (nSPS) is 15.8. The highest BCUT2D eigenvalue weighted by atomic mass is 127. The Labute approximate surface area is 208 Å². The maximum Gasteiger partial charge on any atom is 0.191 e. The lowest BCUT2D eigenvalue weighted by molar-refractivity contribution is 0.269. The second kappa shape index (κ2) is 13.9. The van der Waals surface area contributed by atoms with Crippen LogP contribution in [0.2, 0.25) is 5.15 Å². The summed E-state index contributed by atoms with van der Waals surface area (Å²) in [6.45, 7) is 7.25. The molecule has 2 aromatic rings. The number of benzene rings is 1. The molecule has 2 N–H and O–H groups in total. The lowest BCUT2D eigenvalue weighted by atomic mass is 10.1. The predicted molar refractivity (Wildman–Crippen MR) is 140 cm³/mol. The van der Waals surface area contributed by atoms with Crippen LogP contribution in [0.5, 0.6) is 0 Å². The molecule has 0 amide bonds. The maximum atomic E-state index is 5.83. The molecule has 1 aromatic carbocycles. The minimum absolute atomic E-state index is 0. The lowest BCUT2D eigenvalue weighted by Crippen LogP contribution is -2.37. The molecule has 0 saturated carbocycles. The van der Waals surface area contributed by atoms with Crippen LogP contribution in [-0.2, 0) is 19.5 Å². The predicted octanol–water partition coefficient (Wildman–Crippen LogP) is 3.40. The molecule has 170 valence electrons. The van der Waals surface area contributed by atoms with Crippen molar-refractivity contribution >= 4 is 41.5 Å². The van der Waals surface area contributed by atoms with Gasteiger partial charge in [0.1, 0.15) is 5.15 Å². The van der Waals surface area contributed by atoms with Gasteiger partial charge in [-0.25, -0.2) is 4.98 Å². The Bertz CT molecular complexity index is 797. The zero-order valence-corrected chi connectivity index (χ0v) is 21.6. The zero-order valence-electron chi connectivity index (χ0n) is 18.5. The van der Waals surface area contributed by atoms with Crippen molar-refractivity contribution in [3.8, 4) is 0 Å². The van der Waals surface area contributed by atoms with E-state index < -0.39 is 0 Å². The summed E-state index contributed by atoms with van der Waals surface area (Å²) in [5.41, 5.74) is 3.77. The van der Waals surface area contributed by atoms with Crippen molar-refractivity contribution in [2.45, 2.75) is 25.9 Å². The van der Waals surface area contributed by atoms with E-state index in [0.29, 0.717) is 5.15 Å². The molecule has 0 radical (unpaired) electrons. The smallest absolute Gasteiger partial charge is 0.191 e. The van der Waals surface area contributed by atoms with Crippen molar-refractivity contribution < 1.29 is 0 Å². The minimum atomic E-state index is 0. The molecule has 1 aliphatic heterocycles. The summed E-state index contributed by atoms with van der Waals surface area (Å²) in [6.07, 6.45) is 3.93. The summed E-state index contributed by atoms with van der Waals surface area (Å²) in [6, 6.07) is 12.7. The summed E-state index contributed by atoms with van der Waals surface area (Å²) in [5.74, 6) is 0.801. The number of likely N-dealkylation sites (N-methyl/N-ethyl adjacent to an activating group) is 1. The van der Waals surface area contributed by atoms with E-state index in [1.807, 2.05) is 18.3 Å². The third-order valence-electron chi connectivity index (χ3n) is 5.42. The molecular formula is C23H34ClIN6. The van der Waals surface area contributed by atoms with Crippen molar-refractivity contribution in [3.63, 3.8) is 0 Å². The summed E-state index contributed by atoms with van der Waals surface area (Å²) in [7, 11) is 4.00. The Morgan fingerprint density at radius 3 is 2.45 bits per heavy atom. The van der Waals surface area contributed by atoms with Gasteiger partial charge in [-0.2, -0.15) is 0 Å². The number of nitrogens with zero attached hydrogens (tertiary/aromatic N) is 4. The fraction of sp³-hybridized carbons (Fsp3) is 0.478. The number of nitrogens with one attached hydrogen (secondary N) is 2. The van der Waals surface area contributed by atoms with Crippen molar-refractivity contribution in [1.29, 1.82) is 0 Å². The van der Waals surface area contributed by atoms with Gasteiger partial charge in [0, 0.05) is 46.0 Å². The van der Waals surface area contributed by atoms with Gasteiger partial charge in [-0.3, -0.25) is 9.89 Å². The molecule has 1 aromatic heterocycles. The van der Waals surface area contributed by atoms with Crippen LogP contribution in [0, 0.1) is 0 Å². The molecule has 8 heteroatoms. The monoisotopic (exact) mass is 556 g/mol. The maximum absolute atomic E-state index is 5.83. The lowest BCUT2D eigenvalue weighted by Gasteiger charge is -2.20. The topological polar surface area (TPSA) is 55.8 Å². The van der Waals surface area contributed by atoms with E-state index in [-0.39, 0.29) is 24.0 Å². The molecule has 1 fully saturated rings. The highest BCUT2D eigenvalue weighted by Crippen LogP contribution is 2.10. The molecule has 0 aliphatic carbocycles. The van der Waals surface area contributed by atoms with E-state index in [2.05, 4.69) is 61.7 Å². The number of hydrogen-bond acceptors (Lipinski definition) is 4. The van der Waals surface area contributed by atoms with Crippen molar-refractivity contribution in [2.24, 2.45) is 4.99 Å². The molecule has 1 saturated heterocycles. The zero-order chi connectivity index (χ0) is 21.2. The average Bonchev–Trinajstić information content (AvgIpc) is 2.97. The van der Waals surface area contributed by atoms with E-state index in [9.17, 15) is 0 Å². The molecule has 6 nitrogen and oxygen atoms in total. The van der Waals surface area contributed by atoms with Crippen molar-refractivity contribution in [1.82, 2.24) is 25.4 Å². The molecule has 0 bridgehead atoms. The average molecular weight is 557 g/mol. The SMILES string of the molecule is CN=C(NCCc1ccc(Cl)nc1)NCc1ccc(CN2CCCN(C)CC2)cc1.I. The molecule has 2 heterocycles. The Morgan fingerprint density at radius 2 is 1.74 bits per heavy atom. The van der Waals surface area contributed by atoms with Crippen LogP contribution in [-0.4, -0.2) is 67.6 Å². The molecule has 3 rings (SSSR count). The minimum Gasteiger partial charge on any atom is -0.356 e. The summed E-state index contributed by atoms with van der Waals surface area (Å²) >= 11 is 5.83. The van der Waals surface area contributed by atoms with Crippen LogP contribution in [0.4, 0.5) is 0 Å². The molecule has 31 heavy (non-hydrogen) atoms. The second-order valence-corrected chi connectivity index (χ2v) is 8.23. The number of aliphatic imine (C=N–C) groups is 1. The Morgan fingerprint density at radius 1 is 1.00 bits per heavy atom. The third-order valence-corrected chi connectivity index (χ3v) is 5.64. The Balaban J connectivity index is 0.00000341. The van der Waals surface area contributed by atoms with E-state index in [1.54, 1.807) is 7.05 Å². The van der Waals surface area contributed by atoms with Gasteiger partial charge in [0.15, 0.2) is 5.96 Å². The highest BCUT2D eigenvalue weighted by molar-refractivity contribution is 14.0. The molecule has 0 spiro atoms. The summed E-state index contributed by atoms with van der Waals surface area (Å²) < 4.78 is 0. The first-order valence-electron chi connectivity index (χ1n) is 10.7. The number of hydrogen-bond donors (Lipinski definition) is 2. The molecular weight excluding hydrogens is 523 g/mol. The Kier molecular flexibility index (Phi) is 11.6. The van der Waals surface area contributed by atoms with E-state index in [1.165, 1.54) is 30.6 Å². The first-order valence-corrected chi connectivity index (χ1v) is 11.0. The molecule has 0 atom stereocenters. The number of aromatic nitrogens is 1. The third kappa shape index (κ3) is 9.31. The van der Waals surface area contributed by atoms with Crippen LogP contribution >= 0.6 is 35.6 Å². The first-order chi connectivity index (χ1) is 14.6. The fourth-order valence-electron chi connectivity index (χ4n) is 3.56. The van der Waals surface area contributed by atoms with Gasteiger partial charge >= 0.3 is 0 Å². The van der Waals surface area contributed by atoms with Gasteiger partial charge in [-0.1, -0.05) is 41.9 Å². The number of pyridine rings is 1. The van der Waals surface area contributed by atoms with E-state index >= 15 is 0 Å². The van der Waals surface area contributed by atoms with E-state index in [4.69, 9.17) is 11.6 Å². The van der Waals surface area contributed by atoms with E-state index in [0.717, 1.165) is 50.7 Å². The second-order valence-electron chi connectivity index (χ2n) is 7.84. The van der Waals surface area contributed by atoms with Gasteiger partial charge in [-0.05, 0) is 55.7 Å². The van der Waals surface area contributed by atoms with Gasteiger partial charge in [0.05, 0.1) is 0 Å². The van der Waals surface area contributed by atoms with Gasteiger partial charge in [-0.15, -0.1) is 24.0 Å². The summed E-state index contributed by atoms with van der Waals surface area (Å²) in [5, 5.41) is 7.25. The first kappa shape index (κ1) is 25.8.